The molecule has 178 valence electrons. The Kier molecular flexibility index (Phi) is 7.52. The molecule has 0 unspecified atom stereocenters. The summed E-state index contributed by atoms with van der Waals surface area (Å²) in [6.45, 7) is 0. The van der Waals surface area contributed by atoms with Crippen LogP contribution in [0.2, 0.25) is 0 Å². The maximum absolute atomic E-state index is 13.0. The number of nitrogens with zero attached hydrogens (tertiary/aromatic N) is 3. The number of hydrogen-bond acceptors (Lipinski definition) is 7. The zero-order chi connectivity index (χ0) is 24.7. The van der Waals surface area contributed by atoms with Gasteiger partial charge in [-0.2, -0.15) is 9.97 Å². The number of benzene rings is 2. The van der Waals surface area contributed by atoms with E-state index in [1.54, 1.807) is 48.5 Å². The highest BCUT2D eigenvalue weighted by molar-refractivity contribution is 5.87. The van der Waals surface area contributed by atoms with Crippen molar-refractivity contribution >= 4 is 12.0 Å². The molecule has 3 rings (SSSR count). The van der Waals surface area contributed by atoms with Gasteiger partial charge in [-0.1, -0.05) is 60.7 Å². The van der Waals surface area contributed by atoms with Crippen LogP contribution in [-0.2, 0) is 4.79 Å². The number of carbonyl (C=O) groups is 2. The number of nitrogens with one attached hydrogen (secondary N) is 1. The minimum atomic E-state index is -2.35. The fourth-order valence-corrected chi connectivity index (χ4v) is 3.38. The maximum atomic E-state index is 13.0. The molecule has 0 aliphatic heterocycles. The third-order valence-electron chi connectivity index (χ3n) is 5.02. The van der Waals surface area contributed by atoms with Crippen molar-refractivity contribution in [3.8, 4) is 17.8 Å². The second-order valence-corrected chi connectivity index (χ2v) is 7.46. The summed E-state index contributed by atoms with van der Waals surface area (Å²) in [7, 11) is 5.77. The summed E-state index contributed by atoms with van der Waals surface area (Å²) in [6, 6.07) is 18.1. The highest BCUT2D eigenvalue weighted by atomic mass is 16.6. The van der Waals surface area contributed by atoms with Gasteiger partial charge in [-0.15, -0.1) is 0 Å². The third-order valence-corrected chi connectivity index (χ3v) is 5.02. The molecule has 0 saturated carbocycles. The van der Waals surface area contributed by atoms with Gasteiger partial charge in [0.25, 0.3) is 5.72 Å². The summed E-state index contributed by atoms with van der Waals surface area (Å²) < 4.78 is 16.3. The summed E-state index contributed by atoms with van der Waals surface area (Å²) in [4.78, 5) is 35.3. The molecule has 0 aliphatic rings. The molecule has 10 heteroatoms. The summed E-state index contributed by atoms with van der Waals surface area (Å²) in [6.07, 6.45) is 0. The number of amides is 2. The van der Waals surface area contributed by atoms with Crippen molar-refractivity contribution in [2.75, 3.05) is 28.3 Å². The van der Waals surface area contributed by atoms with Crippen LogP contribution in [-0.4, -0.2) is 66.0 Å². The Morgan fingerprint density at radius 3 is 1.76 bits per heavy atom. The zero-order valence-corrected chi connectivity index (χ0v) is 19.3. The van der Waals surface area contributed by atoms with Crippen LogP contribution in [0.5, 0.6) is 17.8 Å². The lowest BCUT2D eigenvalue weighted by molar-refractivity contribution is -0.160. The van der Waals surface area contributed by atoms with Crippen LogP contribution in [0.1, 0.15) is 17.0 Å². The molecule has 0 fully saturated rings. The first-order valence-electron chi connectivity index (χ1n) is 10.3. The van der Waals surface area contributed by atoms with Gasteiger partial charge in [0, 0.05) is 14.1 Å². The van der Waals surface area contributed by atoms with Crippen molar-refractivity contribution in [3.63, 3.8) is 0 Å². The second kappa shape index (κ2) is 10.5. The maximum Gasteiger partial charge on any atom is 0.371 e. The van der Waals surface area contributed by atoms with Gasteiger partial charge in [0.05, 0.1) is 26.2 Å². The van der Waals surface area contributed by atoms with Crippen LogP contribution in [0.15, 0.2) is 66.7 Å². The van der Waals surface area contributed by atoms with Crippen molar-refractivity contribution < 1.29 is 28.9 Å². The first kappa shape index (κ1) is 24.3. The molecule has 10 nitrogen and oxygen atoms in total. The average Bonchev–Trinajstić information content (AvgIpc) is 2.84. The van der Waals surface area contributed by atoms with Crippen molar-refractivity contribution in [1.82, 2.24) is 20.2 Å². The fraction of sp³-hybridized carbons (Fsp3) is 0.250. The van der Waals surface area contributed by atoms with Crippen molar-refractivity contribution in [1.29, 1.82) is 0 Å². The number of hydrogen-bond donors (Lipinski definition) is 2. The fourth-order valence-electron chi connectivity index (χ4n) is 3.38. The van der Waals surface area contributed by atoms with Gasteiger partial charge in [0.1, 0.15) is 0 Å². The summed E-state index contributed by atoms with van der Waals surface area (Å²) in [5.74, 6) is -2.25. The van der Waals surface area contributed by atoms with Crippen LogP contribution >= 0.6 is 0 Å². The molecule has 0 spiro atoms. The van der Waals surface area contributed by atoms with E-state index in [-0.39, 0.29) is 17.8 Å². The minimum absolute atomic E-state index is 0.0936. The summed E-state index contributed by atoms with van der Waals surface area (Å²) >= 11 is 0. The third kappa shape index (κ3) is 5.17. The Labute approximate surface area is 197 Å². The predicted octanol–water partition coefficient (Wildman–Crippen LogP) is 2.76. The molecule has 0 radical (unpaired) electrons. The summed E-state index contributed by atoms with van der Waals surface area (Å²) in [5, 5.41) is 13.1. The molecule has 0 saturated heterocycles. The van der Waals surface area contributed by atoms with Gasteiger partial charge in [-0.3, -0.25) is 5.32 Å². The van der Waals surface area contributed by atoms with E-state index in [9.17, 15) is 14.7 Å². The van der Waals surface area contributed by atoms with Gasteiger partial charge >= 0.3 is 18.0 Å². The minimum Gasteiger partial charge on any atom is -0.481 e. The number of ether oxygens (including phenoxy) is 3. The normalized spacial score (nSPS) is 12.4. The van der Waals surface area contributed by atoms with Gasteiger partial charge < -0.3 is 24.2 Å². The Balaban J connectivity index is 2.28. The standard InChI is InChI=1S/C24H26N4O6/c1-28(2)23(31)27-24(21(29)30,34-22-25-18(32-3)15-19(26-22)33-4)20(16-11-7-5-8-12-16)17-13-9-6-10-14-17/h5-15,20H,1-4H3,(H,27,31)(H,29,30)/t24-/m1/s1. The van der Waals surface area contributed by atoms with E-state index in [2.05, 4.69) is 15.3 Å². The number of aromatic nitrogens is 2. The van der Waals surface area contributed by atoms with Crippen molar-refractivity contribution in [2.45, 2.75) is 11.6 Å². The molecule has 1 heterocycles. The molecule has 1 atom stereocenters. The first-order chi connectivity index (χ1) is 16.3. The van der Waals surface area contributed by atoms with Crippen LogP contribution < -0.4 is 19.5 Å². The smallest absolute Gasteiger partial charge is 0.371 e. The molecule has 2 amide bonds. The van der Waals surface area contributed by atoms with E-state index in [1.165, 1.54) is 39.3 Å². The number of urea groups is 1. The number of carboxylic acid groups (broad SMARTS) is 1. The predicted molar refractivity (Wildman–Crippen MR) is 123 cm³/mol. The monoisotopic (exact) mass is 466 g/mol. The molecule has 0 bridgehead atoms. The SMILES string of the molecule is COc1cc(OC)nc(O[C@@](NC(=O)N(C)C)(C(=O)O)C(c2ccccc2)c2ccccc2)n1. The van der Waals surface area contributed by atoms with Crippen LogP contribution in [0, 0.1) is 0 Å². The van der Waals surface area contributed by atoms with Gasteiger partial charge in [0.15, 0.2) is 0 Å². The van der Waals surface area contributed by atoms with E-state index >= 15 is 0 Å². The van der Waals surface area contributed by atoms with E-state index in [1.807, 2.05) is 12.1 Å². The van der Waals surface area contributed by atoms with E-state index in [0.717, 1.165) is 0 Å². The van der Waals surface area contributed by atoms with Gasteiger partial charge in [0.2, 0.25) is 11.8 Å². The second-order valence-electron chi connectivity index (χ2n) is 7.46. The molecular weight excluding hydrogens is 440 g/mol. The summed E-state index contributed by atoms with van der Waals surface area (Å²) in [5.41, 5.74) is -1.17. The van der Waals surface area contributed by atoms with E-state index < -0.39 is 23.6 Å². The average molecular weight is 466 g/mol. The molecule has 0 aliphatic carbocycles. The lowest BCUT2D eigenvalue weighted by atomic mass is 9.82. The Bertz CT molecular complexity index is 1070. The van der Waals surface area contributed by atoms with E-state index in [0.29, 0.717) is 11.1 Å². The number of aliphatic carboxylic acids is 1. The first-order valence-corrected chi connectivity index (χ1v) is 10.3. The highest BCUT2D eigenvalue weighted by Crippen LogP contribution is 2.37. The Morgan fingerprint density at radius 1 is 0.912 bits per heavy atom. The van der Waals surface area contributed by atoms with Crippen LogP contribution in [0.25, 0.3) is 0 Å². The quantitative estimate of drug-likeness (QED) is 0.462. The number of rotatable bonds is 9. The molecule has 1 aromatic heterocycles. The van der Waals surface area contributed by atoms with Crippen LogP contribution in [0.4, 0.5) is 4.79 Å². The lowest BCUT2D eigenvalue weighted by Gasteiger charge is -2.38. The topological polar surface area (TPSA) is 123 Å². The number of methoxy groups -OCH3 is 2. The molecule has 34 heavy (non-hydrogen) atoms. The Morgan fingerprint density at radius 2 is 1.38 bits per heavy atom. The van der Waals surface area contributed by atoms with Gasteiger partial charge in [-0.05, 0) is 11.1 Å². The van der Waals surface area contributed by atoms with Crippen molar-refractivity contribution in [2.24, 2.45) is 0 Å². The molecule has 2 aromatic carbocycles. The number of carbonyl (C=O) groups excluding carboxylic acids is 1. The largest absolute Gasteiger partial charge is 0.481 e. The zero-order valence-electron chi connectivity index (χ0n) is 19.3. The number of carboxylic acids is 1. The van der Waals surface area contributed by atoms with Crippen LogP contribution in [0.3, 0.4) is 0 Å². The van der Waals surface area contributed by atoms with E-state index in [4.69, 9.17) is 14.2 Å². The molecule has 3 aromatic rings. The lowest BCUT2D eigenvalue weighted by Crippen LogP contribution is -2.64. The Hall–Kier alpha value is -4.34. The van der Waals surface area contributed by atoms with Gasteiger partial charge in [-0.25, -0.2) is 9.59 Å². The molecular formula is C24H26N4O6. The van der Waals surface area contributed by atoms with Crippen molar-refractivity contribution in [3.05, 3.63) is 77.9 Å². The highest BCUT2D eigenvalue weighted by Gasteiger charge is 2.53. The molecule has 2 N–H and O–H groups in total.